The number of aryl methyl sites for hydroxylation is 2. The quantitative estimate of drug-likeness (QED) is 0.582. The molecule has 0 N–H and O–H groups in total. The summed E-state index contributed by atoms with van der Waals surface area (Å²) in [5, 5.41) is 4.37. The Morgan fingerprint density at radius 2 is 1.46 bits per heavy atom. The zero-order valence-corrected chi connectivity index (χ0v) is 17.3. The van der Waals surface area contributed by atoms with Crippen LogP contribution in [0.1, 0.15) is 89.7 Å². The van der Waals surface area contributed by atoms with E-state index in [1.165, 1.54) is 35.1 Å². The van der Waals surface area contributed by atoms with Crippen molar-refractivity contribution in [1.29, 1.82) is 0 Å². The summed E-state index contributed by atoms with van der Waals surface area (Å²) >= 11 is 0. The molecule has 24 heavy (non-hydrogen) atoms. The van der Waals surface area contributed by atoms with E-state index in [1.807, 2.05) is 41.5 Å². The molecule has 2 aromatic rings. The Labute approximate surface area is 149 Å². The highest BCUT2D eigenvalue weighted by atomic mass is 16.5. The van der Waals surface area contributed by atoms with Crippen molar-refractivity contribution in [1.82, 2.24) is 5.16 Å². The van der Waals surface area contributed by atoms with E-state index >= 15 is 0 Å². The lowest BCUT2D eigenvalue weighted by Crippen LogP contribution is -1.93. The number of hydrogen-bond acceptors (Lipinski definition) is 2. The highest BCUT2D eigenvalue weighted by molar-refractivity contribution is 5.70. The highest BCUT2D eigenvalue weighted by Crippen LogP contribution is 2.44. The van der Waals surface area contributed by atoms with Crippen LogP contribution in [-0.2, 0) is 6.42 Å². The fourth-order valence-electron chi connectivity index (χ4n) is 2.71. The maximum atomic E-state index is 5.63. The Kier molecular flexibility index (Phi) is 11.1. The first-order valence-electron chi connectivity index (χ1n) is 9.77. The lowest BCUT2D eigenvalue weighted by atomic mass is 9.95. The zero-order valence-electron chi connectivity index (χ0n) is 17.3. The molecule has 1 aromatic carbocycles. The third-order valence-corrected chi connectivity index (χ3v) is 3.84. The summed E-state index contributed by atoms with van der Waals surface area (Å²) in [5.41, 5.74) is 6.19. The fraction of sp³-hybridized carbons (Fsp3) is 0.591. The second-order valence-electron chi connectivity index (χ2n) is 5.27. The van der Waals surface area contributed by atoms with Crippen LogP contribution in [0.15, 0.2) is 22.7 Å². The first kappa shape index (κ1) is 22.4. The summed E-state index contributed by atoms with van der Waals surface area (Å²) < 4.78 is 5.63. The van der Waals surface area contributed by atoms with Gasteiger partial charge in [-0.25, -0.2) is 0 Å². The van der Waals surface area contributed by atoms with Crippen LogP contribution >= 0.6 is 0 Å². The summed E-state index contributed by atoms with van der Waals surface area (Å²) in [6.07, 6.45) is 3.52. The molecule has 136 valence electrons. The van der Waals surface area contributed by atoms with E-state index in [0.717, 1.165) is 17.9 Å². The number of aromatic nitrogens is 1. The standard InChI is InChI=1S/C16H19NO.3C2H6/c1-4-13-15(17-18-16(13)12-8-9-12)14-10(2)6-5-7-11(14)3;3*1-2/h5-7,12H,4,8-9H2,1-3H3;3*1-2H3. The Bertz CT molecular complexity index is 559. The number of rotatable bonds is 3. The van der Waals surface area contributed by atoms with Gasteiger partial charge in [-0.15, -0.1) is 0 Å². The van der Waals surface area contributed by atoms with Crippen molar-refractivity contribution in [2.24, 2.45) is 0 Å². The van der Waals surface area contributed by atoms with E-state index in [2.05, 4.69) is 44.1 Å². The summed E-state index contributed by atoms with van der Waals surface area (Å²) in [5.74, 6) is 1.76. The minimum atomic E-state index is 0.630. The van der Waals surface area contributed by atoms with Crippen molar-refractivity contribution in [3.63, 3.8) is 0 Å². The molecule has 1 heterocycles. The molecule has 3 rings (SSSR count). The summed E-state index contributed by atoms with van der Waals surface area (Å²) in [6, 6.07) is 6.39. The normalized spacial score (nSPS) is 12.0. The predicted molar refractivity (Wildman–Crippen MR) is 107 cm³/mol. The molecule has 2 nitrogen and oxygen atoms in total. The second kappa shape index (κ2) is 11.9. The third kappa shape index (κ3) is 5.22. The molecular weight excluding hydrogens is 294 g/mol. The maximum Gasteiger partial charge on any atom is 0.143 e. The van der Waals surface area contributed by atoms with E-state index in [4.69, 9.17) is 4.52 Å². The van der Waals surface area contributed by atoms with Crippen LogP contribution < -0.4 is 0 Å². The van der Waals surface area contributed by atoms with Crippen molar-refractivity contribution in [3.05, 3.63) is 40.6 Å². The van der Waals surface area contributed by atoms with Gasteiger partial charge in [-0.3, -0.25) is 0 Å². The van der Waals surface area contributed by atoms with Gasteiger partial charge in [0.15, 0.2) is 0 Å². The summed E-state index contributed by atoms with van der Waals surface area (Å²) in [6.45, 7) is 18.5. The van der Waals surface area contributed by atoms with Crippen molar-refractivity contribution < 1.29 is 4.52 Å². The molecule has 0 radical (unpaired) electrons. The van der Waals surface area contributed by atoms with Crippen LogP contribution in [0.5, 0.6) is 0 Å². The zero-order chi connectivity index (χ0) is 18.7. The van der Waals surface area contributed by atoms with Crippen LogP contribution in [0.3, 0.4) is 0 Å². The molecule has 0 spiro atoms. The average molecular weight is 332 g/mol. The van der Waals surface area contributed by atoms with E-state index in [1.54, 1.807) is 0 Å². The molecule has 0 saturated heterocycles. The first-order valence-corrected chi connectivity index (χ1v) is 9.77. The Balaban J connectivity index is 0.000000798. The highest BCUT2D eigenvalue weighted by Gasteiger charge is 2.32. The lowest BCUT2D eigenvalue weighted by Gasteiger charge is -2.08. The molecule has 1 aromatic heterocycles. The van der Waals surface area contributed by atoms with E-state index in [0.29, 0.717) is 5.92 Å². The minimum Gasteiger partial charge on any atom is -0.360 e. The topological polar surface area (TPSA) is 26.0 Å². The minimum absolute atomic E-state index is 0.630. The monoisotopic (exact) mass is 331 g/mol. The van der Waals surface area contributed by atoms with E-state index < -0.39 is 0 Å². The van der Waals surface area contributed by atoms with Crippen molar-refractivity contribution >= 4 is 0 Å². The summed E-state index contributed by atoms with van der Waals surface area (Å²) in [4.78, 5) is 0. The van der Waals surface area contributed by atoms with Gasteiger partial charge in [0.1, 0.15) is 11.5 Å². The lowest BCUT2D eigenvalue weighted by molar-refractivity contribution is 0.384. The Morgan fingerprint density at radius 1 is 0.958 bits per heavy atom. The third-order valence-electron chi connectivity index (χ3n) is 3.84. The molecular formula is C22H37NO. The number of hydrogen-bond donors (Lipinski definition) is 0. The van der Waals surface area contributed by atoms with Crippen molar-refractivity contribution in [2.75, 3.05) is 0 Å². The number of benzene rings is 1. The Morgan fingerprint density at radius 3 is 1.88 bits per heavy atom. The van der Waals surface area contributed by atoms with Crippen molar-refractivity contribution in [2.45, 2.75) is 87.5 Å². The van der Waals surface area contributed by atoms with Crippen LogP contribution in [0.4, 0.5) is 0 Å². The Hall–Kier alpha value is -1.57. The number of nitrogens with zero attached hydrogens (tertiary/aromatic N) is 1. The molecule has 2 heteroatoms. The van der Waals surface area contributed by atoms with Gasteiger partial charge in [0, 0.05) is 17.0 Å². The molecule has 1 saturated carbocycles. The van der Waals surface area contributed by atoms with E-state index in [9.17, 15) is 0 Å². The summed E-state index contributed by atoms with van der Waals surface area (Å²) in [7, 11) is 0. The molecule has 1 fully saturated rings. The van der Waals surface area contributed by atoms with Crippen LogP contribution in [0.2, 0.25) is 0 Å². The van der Waals surface area contributed by atoms with Crippen LogP contribution in [0.25, 0.3) is 11.3 Å². The van der Waals surface area contributed by atoms with Gasteiger partial charge in [0.05, 0.1) is 0 Å². The molecule has 0 amide bonds. The van der Waals surface area contributed by atoms with Gasteiger partial charge < -0.3 is 4.52 Å². The first-order chi connectivity index (χ1) is 11.7. The van der Waals surface area contributed by atoms with E-state index in [-0.39, 0.29) is 0 Å². The molecule has 1 aliphatic rings. The van der Waals surface area contributed by atoms with Crippen molar-refractivity contribution in [3.8, 4) is 11.3 Å². The van der Waals surface area contributed by atoms with Gasteiger partial charge in [0.2, 0.25) is 0 Å². The SMILES string of the molecule is CC.CC.CC.CCc1c(-c2c(C)cccc2C)noc1C1CC1. The predicted octanol–water partition coefficient (Wildman–Crippen LogP) is 7.48. The molecule has 0 atom stereocenters. The average Bonchev–Trinajstić information content (AvgIpc) is 3.40. The molecule has 0 bridgehead atoms. The largest absolute Gasteiger partial charge is 0.360 e. The molecule has 0 aliphatic heterocycles. The fourth-order valence-corrected chi connectivity index (χ4v) is 2.71. The smallest absolute Gasteiger partial charge is 0.143 e. The molecule has 1 aliphatic carbocycles. The van der Waals surface area contributed by atoms with Crippen LogP contribution in [0, 0.1) is 13.8 Å². The maximum absolute atomic E-state index is 5.63. The van der Waals surface area contributed by atoms with Crippen LogP contribution in [-0.4, -0.2) is 5.16 Å². The van der Waals surface area contributed by atoms with Gasteiger partial charge in [0.25, 0.3) is 0 Å². The second-order valence-corrected chi connectivity index (χ2v) is 5.27. The van der Waals surface area contributed by atoms with Gasteiger partial charge in [-0.2, -0.15) is 0 Å². The van der Waals surface area contributed by atoms with Gasteiger partial charge >= 0.3 is 0 Å². The van der Waals surface area contributed by atoms with Gasteiger partial charge in [-0.05, 0) is 44.2 Å². The van der Waals surface area contributed by atoms with Gasteiger partial charge in [-0.1, -0.05) is 71.8 Å². The molecule has 0 unspecified atom stereocenters.